The summed E-state index contributed by atoms with van der Waals surface area (Å²) in [7, 11) is 0. The summed E-state index contributed by atoms with van der Waals surface area (Å²) in [6.45, 7) is 2.50. The lowest BCUT2D eigenvalue weighted by Gasteiger charge is -2.00. The highest BCUT2D eigenvalue weighted by molar-refractivity contribution is 6.31. The Hall–Kier alpha value is -1.32. The first-order valence-electron chi connectivity index (χ1n) is 5.12. The first-order valence-corrected chi connectivity index (χ1v) is 5.50. The topological polar surface area (TPSA) is 52.0 Å². The molecule has 3 nitrogen and oxygen atoms in total. The van der Waals surface area contributed by atoms with E-state index in [1.807, 2.05) is 25.1 Å². The van der Waals surface area contributed by atoms with Crippen LogP contribution in [0.1, 0.15) is 11.5 Å². The maximum atomic E-state index is 6.05. The smallest absolute Gasteiger partial charge is 0.196 e. The second-order valence-electron chi connectivity index (χ2n) is 3.62. The summed E-state index contributed by atoms with van der Waals surface area (Å²) < 4.78 is 5.56. The number of rotatable bonds is 3. The van der Waals surface area contributed by atoms with E-state index < -0.39 is 0 Å². The lowest BCUT2D eigenvalue weighted by Crippen LogP contribution is -2.02. The van der Waals surface area contributed by atoms with E-state index in [0.29, 0.717) is 18.9 Å². The van der Waals surface area contributed by atoms with Crippen molar-refractivity contribution in [3.63, 3.8) is 0 Å². The van der Waals surface area contributed by atoms with Crippen molar-refractivity contribution in [3.8, 4) is 11.3 Å². The average Bonchev–Trinajstić information content (AvgIpc) is 2.71. The molecule has 84 valence electrons. The molecule has 0 bridgehead atoms. The fraction of sp³-hybridized carbons (Fsp3) is 0.250. The molecule has 2 rings (SSSR count). The molecule has 16 heavy (non-hydrogen) atoms. The van der Waals surface area contributed by atoms with Gasteiger partial charge in [0.1, 0.15) is 0 Å². The number of aryl methyl sites for hydroxylation is 1. The Kier molecular flexibility index (Phi) is 3.27. The van der Waals surface area contributed by atoms with E-state index in [9.17, 15) is 0 Å². The van der Waals surface area contributed by atoms with Gasteiger partial charge in [-0.2, -0.15) is 0 Å². The van der Waals surface area contributed by atoms with Crippen molar-refractivity contribution in [1.82, 2.24) is 4.98 Å². The van der Waals surface area contributed by atoms with Gasteiger partial charge in [-0.05, 0) is 18.6 Å². The van der Waals surface area contributed by atoms with Gasteiger partial charge in [-0.3, -0.25) is 0 Å². The normalized spacial score (nSPS) is 10.7. The van der Waals surface area contributed by atoms with E-state index >= 15 is 0 Å². The Balaban J connectivity index is 2.31. The van der Waals surface area contributed by atoms with Crippen LogP contribution in [0.4, 0.5) is 0 Å². The van der Waals surface area contributed by atoms with Crippen LogP contribution >= 0.6 is 11.6 Å². The van der Waals surface area contributed by atoms with Gasteiger partial charge in [0.15, 0.2) is 11.7 Å². The standard InChI is InChI=1S/C12H13ClN2O/c1-8-2-3-9(6-10(8)13)11-7-15-12(16-11)4-5-14/h2-3,6-7H,4-5,14H2,1H3. The van der Waals surface area contributed by atoms with E-state index in [2.05, 4.69) is 4.98 Å². The molecular weight excluding hydrogens is 224 g/mol. The zero-order valence-corrected chi connectivity index (χ0v) is 9.79. The maximum absolute atomic E-state index is 6.05. The van der Waals surface area contributed by atoms with Crippen LogP contribution in [0.2, 0.25) is 5.02 Å². The maximum Gasteiger partial charge on any atom is 0.196 e. The number of oxazole rings is 1. The summed E-state index contributed by atoms with van der Waals surface area (Å²) in [5, 5.41) is 0.731. The van der Waals surface area contributed by atoms with Gasteiger partial charge >= 0.3 is 0 Å². The molecule has 0 amide bonds. The predicted octanol–water partition coefficient (Wildman–Crippen LogP) is 2.80. The first-order chi connectivity index (χ1) is 7.70. The SMILES string of the molecule is Cc1ccc(-c2cnc(CCN)o2)cc1Cl. The minimum atomic E-state index is 0.536. The van der Waals surface area contributed by atoms with Crippen molar-refractivity contribution < 1.29 is 4.42 Å². The van der Waals surface area contributed by atoms with Crippen molar-refractivity contribution in [2.24, 2.45) is 5.73 Å². The predicted molar refractivity (Wildman–Crippen MR) is 64.4 cm³/mol. The van der Waals surface area contributed by atoms with Crippen molar-refractivity contribution in [2.75, 3.05) is 6.54 Å². The monoisotopic (exact) mass is 236 g/mol. The number of benzene rings is 1. The molecule has 4 heteroatoms. The Morgan fingerprint density at radius 2 is 2.25 bits per heavy atom. The van der Waals surface area contributed by atoms with Crippen LogP contribution in [0.25, 0.3) is 11.3 Å². The van der Waals surface area contributed by atoms with Gasteiger partial charge in [-0.1, -0.05) is 23.7 Å². The molecule has 2 N–H and O–H groups in total. The summed E-state index contributed by atoms with van der Waals surface area (Å²) in [4.78, 5) is 4.14. The summed E-state index contributed by atoms with van der Waals surface area (Å²) >= 11 is 6.05. The first kappa shape index (κ1) is 11.2. The number of halogens is 1. The van der Waals surface area contributed by atoms with Crippen LogP contribution in [0.15, 0.2) is 28.8 Å². The lowest BCUT2D eigenvalue weighted by atomic mass is 10.1. The zero-order valence-electron chi connectivity index (χ0n) is 9.03. The van der Waals surface area contributed by atoms with Gasteiger partial charge < -0.3 is 10.2 Å². The van der Waals surface area contributed by atoms with Crippen molar-refractivity contribution >= 4 is 11.6 Å². The second-order valence-corrected chi connectivity index (χ2v) is 4.03. The molecule has 0 atom stereocenters. The van der Waals surface area contributed by atoms with E-state index in [1.165, 1.54) is 0 Å². The van der Waals surface area contributed by atoms with Crippen LogP contribution in [0, 0.1) is 6.92 Å². The summed E-state index contributed by atoms with van der Waals surface area (Å²) in [6, 6.07) is 5.81. The molecule has 1 heterocycles. The molecule has 0 aliphatic heterocycles. The third kappa shape index (κ3) is 2.26. The third-order valence-corrected chi connectivity index (χ3v) is 2.78. The number of hydrogen-bond donors (Lipinski definition) is 1. The van der Waals surface area contributed by atoms with Gasteiger partial charge in [0.2, 0.25) is 0 Å². The Morgan fingerprint density at radius 1 is 1.44 bits per heavy atom. The number of nitrogens with zero attached hydrogens (tertiary/aromatic N) is 1. The summed E-state index contributed by atoms with van der Waals surface area (Å²) in [5.41, 5.74) is 7.42. The van der Waals surface area contributed by atoms with Crippen molar-refractivity contribution in [1.29, 1.82) is 0 Å². The molecular formula is C12H13ClN2O. The quantitative estimate of drug-likeness (QED) is 0.892. The van der Waals surface area contributed by atoms with Gasteiger partial charge in [0.05, 0.1) is 6.20 Å². The van der Waals surface area contributed by atoms with Crippen LogP contribution < -0.4 is 5.73 Å². The molecule has 0 spiro atoms. The second kappa shape index (κ2) is 4.68. The van der Waals surface area contributed by atoms with Gasteiger partial charge in [0, 0.05) is 23.6 Å². The molecule has 0 aliphatic carbocycles. The van der Waals surface area contributed by atoms with Crippen molar-refractivity contribution in [2.45, 2.75) is 13.3 Å². The number of hydrogen-bond acceptors (Lipinski definition) is 3. The van der Waals surface area contributed by atoms with Crippen molar-refractivity contribution in [3.05, 3.63) is 40.9 Å². The Labute approximate surface area is 99.2 Å². The van der Waals surface area contributed by atoms with Crippen LogP contribution in [-0.4, -0.2) is 11.5 Å². The molecule has 0 saturated heterocycles. The molecule has 0 saturated carbocycles. The third-order valence-electron chi connectivity index (χ3n) is 2.37. The van der Waals surface area contributed by atoms with E-state index in [0.717, 1.165) is 21.9 Å². The van der Waals surface area contributed by atoms with Gasteiger partial charge in [-0.15, -0.1) is 0 Å². The molecule has 1 aromatic carbocycles. The summed E-state index contributed by atoms with van der Waals surface area (Å²) in [5.74, 6) is 1.39. The van der Waals surface area contributed by atoms with Crippen LogP contribution in [-0.2, 0) is 6.42 Å². The fourth-order valence-electron chi connectivity index (χ4n) is 1.43. The minimum Gasteiger partial charge on any atom is -0.441 e. The number of aromatic nitrogens is 1. The highest BCUT2D eigenvalue weighted by atomic mass is 35.5. The minimum absolute atomic E-state index is 0.536. The molecule has 0 fully saturated rings. The van der Waals surface area contributed by atoms with E-state index in [4.69, 9.17) is 21.8 Å². The highest BCUT2D eigenvalue weighted by Gasteiger charge is 2.07. The molecule has 0 unspecified atom stereocenters. The Bertz CT molecular complexity index is 494. The average molecular weight is 237 g/mol. The largest absolute Gasteiger partial charge is 0.441 e. The zero-order chi connectivity index (χ0) is 11.5. The van der Waals surface area contributed by atoms with Gasteiger partial charge in [-0.25, -0.2) is 4.98 Å². The highest BCUT2D eigenvalue weighted by Crippen LogP contribution is 2.25. The lowest BCUT2D eigenvalue weighted by molar-refractivity contribution is 0.508. The molecule has 0 aliphatic rings. The van der Waals surface area contributed by atoms with Crippen LogP contribution in [0.3, 0.4) is 0 Å². The van der Waals surface area contributed by atoms with Crippen LogP contribution in [0.5, 0.6) is 0 Å². The molecule has 0 radical (unpaired) electrons. The van der Waals surface area contributed by atoms with E-state index in [-0.39, 0.29) is 0 Å². The summed E-state index contributed by atoms with van der Waals surface area (Å²) in [6.07, 6.45) is 2.35. The number of nitrogens with two attached hydrogens (primary N) is 1. The molecule has 1 aromatic heterocycles. The molecule has 2 aromatic rings. The Morgan fingerprint density at radius 3 is 2.94 bits per heavy atom. The van der Waals surface area contributed by atoms with E-state index in [1.54, 1.807) is 6.20 Å². The van der Waals surface area contributed by atoms with Gasteiger partial charge in [0.25, 0.3) is 0 Å². The fourth-order valence-corrected chi connectivity index (χ4v) is 1.61.